The number of benzene rings is 1. The SMILES string of the molecule is CCN(CC)Cc1ccc(CNC(=O)c2sc3nc4n(c(=O)c3c2C)CCCCC4)cc1. The second-order valence-corrected chi connectivity index (χ2v) is 9.49. The maximum absolute atomic E-state index is 13.1. The molecule has 0 saturated carbocycles. The van der Waals surface area contributed by atoms with E-state index in [-0.39, 0.29) is 11.5 Å². The Kier molecular flexibility index (Phi) is 7.06. The summed E-state index contributed by atoms with van der Waals surface area (Å²) in [5.74, 6) is 0.718. The van der Waals surface area contributed by atoms with Crippen LogP contribution in [0.4, 0.5) is 0 Å². The molecule has 170 valence electrons. The van der Waals surface area contributed by atoms with Crippen LogP contribution in [0.3, 0.4) is 0 Å². The van der Waals surface area contributed by atoms with Crippen molar-refractivity contribution in [3.63, 3.8) is 0 Å². The van der Waals surface area contributed by atoms with E-state index in [4.69, 9.17) is 4.98 Å². The van der Waals surface area contributed by atoms with Crippen molar-refractivity contribution >= 4 is 27.5 Å². The molecule has 3 aromatic rings. The summed E-state index contributed by atoms with van der Waals surface area (Å²) >= 11 is 1.33. The van der Waals surface area contributed by atoms with E-state index >= 15 is 0 Å². The van der Waals surface area contributed by atoms with E-state index in [1.807, 2.05) is 11.5 Å². The number of thiophene rings is 1. The smallest absolute Gasteiger partial charge is 0.262 e. The van der Waals surface area contributed by atoms with Crippen molar-refractivity contribution in [3.05, 3.63) is 62.0 Å². The van der Waals surface area contributed by atoms with E-state index in [0.29, 0.717) is 21.6 Å². The molecule has 0 fully saturated rings. The van der Waals surface area contributed by atoms with Crippen LogP contribution >= 0.6 is 11.3 Å². The zero-order chi connectivity index (χ0) is 22.7. The summed E-state index contributed by atoms with van der Waals surface area (Å²) in [6.07, 6.45) is 4.02. The van der Waals surface area contributed by atoms with Crippen LogP contribution in [0, 0.1) is 6.92 Å². The number of rotatable bonds is 7. The van der Waals surface area contributed by atoms with Gasteiger partial charge < -0.3 is 5.32 Å². The molecule has 0 atom stereocenters. The third kappa shape index (κ3) is 4.64. The molecule has 2 aromatic heterocycles. The summed E-state index contributed by atoms with van der Waals surface area (Å²) in [5.41, 5.74) is 3.08. The van der Waals surface area contributed by atoms with Crippen molar-refractivity contribution < 1.29 is 4.79 Å². The molecule has 0 saturated heterocycles. The number of amides is 1. The van der Waals surface area contributed by atoms with Crippen molar-refractivity contribution in [2.45, 2.75) is 66.1 Å². The molecule has 1 aromatic carbocycles. The quantitative estimate of drug-likeness (QED) is 0.582. The monoisotopic (exact) mass is 452 g/mol. The Morgan fingerprint density at radius 2 is 1.84 bits per heavy atom. The topological polar surface area (TPSA) is 67.2 Å². The number of hydrogen-bond donors (Lipinski definition) is 1. The van der Waals surface area contributed by atoms with Crippen LogP contribution in [0.25, 0.3) is 10.2 Å². The van der Waals surface area contributed by atoms with Gasteiger partial charge in [-0.05, 0) is 49.5 Å². The average Bonchev–Trinajstić information content (AvgIpc) is 2.97. The Balaban J connectivity index is 1.49. The van der Waals surface area contributed by atoms with Gasteiger partial charge >= 0.3 is 0 Å². The fraction of sp³-hybridized carbons (Fsp3) is 0.480. The van der Waals surface area contributed by atoms with Gasteiger partial charge in [-0.25, -0.2) is 4.98 Å². The molecule has 32 heavy (non-hydrogen) atoms. The van der Waals surface area contributed by atoms with Crippen molar-refractivity contribution in [1.29, 1.82) is 0 Å². The van der Waals surface area contributed by atoms with Gasteiger partial charge in [-0.2, -0.15) is 0 Å². The molecule has 1 amide bonds. The molecule has 0 unspecified atom stereocenters. The lowest BCUT2D eigenvalue weighted by Crippen LogP contribution is -2.25. The van der Waals surface area contributed by atoms with Crippen molar-refractivity contribution in [2.24, 2.45) is 0 Å². The third-order valence-electron chi connectivity index (χ3n) is 6.39. The summed E-state index contributed by atoms with van der Waals surface area (Å²) in [5, 5.41) is 3.63. The fourth-order valence-electron chi connectivity index (χ4n) is 4.36. The number of carbonyl (C=O) groups excluding carboxylic acids is 1. The van der Waals surface area contributed by atoms with E-state index in [2.05, 4.69) is 48.3 Å². The second-order valence-electron chi connectivity index (χ2n) is 8.49. The number of carbonyl (C=O) groups is 1. The van der Waals surface area contributed by atoms with Crippen molar-refractivity contribution in [2.75, 3.05) is 13.1 Å². The Morgan fingerprint density at radius 3 is 2.56 bits per heavy atom. The van der Waals surface area contributed by atoms with Crippen LogP contribution in [0.2, 0.25) is 0 Å². The lowest BCUT2D eigenvalue weighted by Gasteiger charge is -2.18. The predicted molar refractivity (Wildman–Crippen MR) is 130 cm³/mol. The molecule has 1 aliphatic rings. The van der Waals surface area contributed by atoms with Gasteiger partial charge in [0.1, 0.15) is 10.7 Å². The Bertz CT molecular complexity index is 1160. The lowest BCUT2D eigenvalue weighted by atomic mass is 10.1. The summed E-state index contributed by atoms with van der Waals surface area (Å²) in [4.78, 5) is 34.5. The molecular formula is C25H32N4O2S. The molecule has 0 aliphatic carbocycles. The number of hydrogen-bond acceptors (Lipinski definition) is 5. The maximum atomic E-state index is 13.1. The van der Waals surface area contributed by atoms with Crippen LogP contribution in [0.5, 0.6) is 0 Å². The van der Waals surface area contributed by atoms with Crippen LogP contribution in [0.15, 0.2) is 29.1 Å². The van der Waals surface area contributed by atoms with Gasteiger partial charge in [0.15, 0.2) is 0 Å². The second kappa shape index (κ2) is 9.96. The van der Waals surface area contributed by atoms with Gasteiger partial charge in [0.05, 0.1) is 10.3 Å². The van der Waals surface area contributed by atoms with Crippen molar-refractivity contribution in [3.8, 4) is 0 Å². The Labute approximate surface area is 193 Å². The fourth-order valence-corrected chi connectivity index (χ4v) is 5.46. The summed E-state index contributed by atoms with van der Waals surface area (Å²) in [6, 6.07) is 8.40. The van der Waals surface area contributed by atoms with Gasteiger partial charge in [-0.3, -0.25) is 19.1 Å². The molecule has 0 radical (unpaired) electrons. The first-order valence-electron chi connectivity index (χ1n) is 11.6. The summed E-state index contributed by atoms with van der Waals surface area (Å²) < 4.78 is 1.82. The number of aromatic nitrogens is 2. The number of nitrogens with zero attached hydrogens (tertiary/aromatic N) is 3. The highest BCUT2D eigenvalue weighted by atomic mass is 32.1. The molecule has 4 rings (SSSR count). The molecule has 0 bridgehead atoms. The van der Waals surface area contributed by atoms with Gasteiger partial charge in [0.25, 0.3) is 11.5 Å². The zero-order valence-corrected chi connectivity index (χ0v) is 20.1. The molecular weight excluding hydrogens is 420 g/mol. The van der Waals surface area contributed by atoms with Crippen LogP contribution in [0.1, 0.15) is 65.3 Å². The molecule has 6 nitrogen and oxygen atoms in total. The zero-order valence-electron chi connectivity index (χ0n) is 19.2. The minimum absolute atomic E-state index is 0.00323. The van der Waals surface area contributed by atoms with Gasteiger partial charge in [0.2, 0.25) is 0 Å². The van der Waals surface area contributed by atoms with Crippen LogP contribution in [-0.4, -0.2) is 33.4 Å². The normalized spacial score (nSPS) is 13.9. The first-order valence-corrected chi connectivity index (χ1v) is 12.4. The van der Waals surface area contributed by atoms with Crippen LogP contribution < -0.4 is 10.9 Å². The van der Waals surface area contributed by atoms with Crippen LogP contribution in [-0.2, 0) is 26.1 Å². The third-order valence-corrected chi connectivity index (χ3v) is 7.58. The Morgan fingerprint density at radius 1 is 1.12 bits per heavy atom. The van der Waals surface area contributed by atoms with E-state index < -0.39 is 0 Å². The lowest BCUT2D eigenvalue weighted by molar-refractivity contribution is 0.0954. The largest absolute Gasteiger partial charge is 0.347 e. The average molecular weight is 453 g/mol. The molecule has 7 heteroatoms. The van der Waals surface area contributed by atoms with E-state index in [1.54, 1.807) is 0 Å². The number of fused-ring (bicyclic) bond motifs is 2. The summed E-state index contributed by atoms with van der Waals surface area (Å²) in [7, 11) is 0. The minimum Gasteiger partial charge on any atom is -0.347 e. The minimum atomic E-state index is -0.141. The highest BCUT2D eigenvalue weighted by Crippen LogP contribution is 2.28. The van der Waals surface area contributed by atoms with Gasteiger partial charge in [0, 0.05) is 26.1 Å². The Hall–Kier alpha value is -2.51. The maximum Gasteiger partial charge on any atom is 0.262 e. The van der Waals surface area contributed by atoms with Crippen molar-refractivity contribution in [1.82, 2.24) is 19.8 Å². The molecule has 0 spiro atoms. The molecule has 1 N–H and O–H groups in total. The van der Waals surface area contributed by atoms with E-state index in [1.165, 1.54) is 16.9 Å². The number of nitrogens with one attached hydrogen (secondary N) is 1. The molecule has 3 heterocycles. The first-order chi connectivity index (χ1) is 15.5. The standard InChI is InChI=1S/C25H32N4O2S/c1-4-28(5-2)16-19-12-10-18(11-13-19)15-26-23(30)22-17(3)21-24(32-22)27-20-9-7-6-8-14-29(20)25(21)31/h10-13H,4-9,14-16H2,1-3H3,(H,26,30). The highest BCUT2D eigenvalue weighted by Gasteiger charge is 2.22. The van der Waals surface area contributed by atoms with E-state index in [0.717, 1.165) is 68.8 Å². The highest BCUT2D eigenvalue weighted by molar-refractivity contribution is 7.20. The predicted octanol–water partition coefficient (Wildman–Crippen LogP) is 4.26. The first kappa shape index (κ1) is 22.7. The van der Waals surface area contributed by atoms with Gasteiger partial charge in [-0.15, -0.1) is 11.3 Å². The van der Waals surface area contributed by atoms with E-state index in [9.17, 15) is 9.59 Å². The number of aryl methyl sites for hydroxylation is 2. The summed E-state index contributed by atoms with van der Waals surface area (Å²) in [6.45, 7) is 10.4. The molecule has 1 aliphatic heterocycles. The van der Waals surface area contributed by atoms with Gasteiger partial charge in [-0.1, -0.05) is 44.5 Å².